The Labute approximate surface area is 93.4 Å². The molecule has 0 aromatic carbocycles. The number of allylic oxidation sites excluding steroid dienone is 4. The highest BCUT2D eigenvalue weighted by atomic mass is 16.2. The van der Waals surface area contributed by atoms with Gasteiger partial charge in [0.2, 0.25) is 0 Å². The van der Waals surface area contributed by atoms with Gasteiger partial charge in [-0.25, -0.2) is 5.43 Å². The zero-order chi connectivity index (χ0) is 11.2. The first-order valence-electron chi connectivity index (χ1n) is 4.95. The van der Waals surface area contributed by atoms with Crippen LogP contribution in [0, 0.1) is 5.92 Å². The Morgan fingerprint density at radius 2 is 2.00 bits per heavy atom. The minimum absolute atomic E-state index is 0.178. The number of hydrogen-bond acceptors (Lipinski definition) is 3. The zero-order valence-electron chi connectivity index (χ0n) is 8.58. The molecule has 0 spiro atoms. The largest absolute Gasteiger partial charge is 0.271 e. The summed E-state index contributed by atoms with van der Waals surface area (Å²) in [5.74, 6) is -0.0534. The van der Waals surface area contributed by atoms with Gasteiger partial charge in [-0.2, -0.15) is 5.10 Å². The van der Waals surface area contributed by atoms with Gasteiger partial charge < -0.3 is 0 Å². The first-order chi connectivity index (χ1) is 7.86. The fraction of sp³-hybridized carbons (Fsp3) is 0.0833. The first-order valence-corrected chi connectivity index (χ1v) is 4.95. The van der Waals surface area contributed by atoms with Crippen molar-refractivity contribution in [1.29, 1.82) is 0 Å². The molecule has 1 N–H and O–H groups in total. The molecule has 0 atom stereocenters. The lowest BCUT2D eigenvalue weighted by Crippen LogP contribution is -2.18. The van der Waals surface area contributed by atoms with E-state index in [9.17, 15) is 4.79 Å². The Balaban J connectivity index is 1.89. The van der Waals surface area contributed by atoms with Crippen molar-refractivity contribution in [3.05, 3.63) is 54.4 Å². The second kappa shape index (κ2) is 5.02. The molecule has 1 aliphatic rings. The van der Waals surface area contributed by atoms with Crippen LogP contribution < -0.4 is 5.43 Å². The Bertz CT molecular complexity index is 437. The van der Waals surface area contributed by atoms with Gasteiger partial charge in [-0.15, -0.1) is 0 Å². The third kappa shape index (κ3) is 2.63. The number of aromatic nitrogens is 1. The summed E-state index contributed by atoms with van der Waals surface area (Å²) >= 11 is 0. The highest BCUT2D eigenvalue weighted by Crippen LogP contribution is 2.04. The number of hydrazone groups is 1. The molecule has 1 heterocycles. The zero-order valence-corrected chi connectivity index (χ0v) is 8.58. The van der Waals surface area contributed by atoms with Crippen LogP contribution in [0.3, 0.4) is 0 Å². The highest BCUT2D eigenvalue weighted by Gasteiger charge is 2.03. The van der Waals surface area contributed by atoms with Gasteiger partial charge in [-0.3, -0.25) is 9.78 Å². The summed E-state index contributed by atoms with van der Waals surface area (Å²) in [6, 6.07) is 3.28. The number of pyridine rings is 1. The molecular weight excluding hydrogens is 202 g/mol. The lowest BCUT2D eigenvalue weighted by atomic mass is 10.2. The molecule has 0 unspecified atom stereocenters. The number of nitrogens with zero attached hydrogens (tertiary/aromatic N) is 2. The molecule has 0 saturated carbocycles. The van der Waals surface area contributed by atoms with Crippen molar-refractivity contribution in [3.8, 4) is 0 Å². The number of rotatable bonds is 3. The summed E-state index contributed by atoms with van der Waals surface area (Å²) in [5, 5.41) is 3.88. The van der Waals surface area contributed by atoms with E-state index in [-0.39, 0.29) is 11.8 Å². The molecule has 4 heteroatoms. The fourth-order valence-corrected chi connectivity index (χ4v) is 1.30. The Hall–Kier alpha value is -2.23. The fourth-order valence-electron chi connectivity index (χ4n) is 1.30. The number of carbonyl (C=O) groups excluding carboxylic acids is 1. The SMILES string of the molecule is O=C(NN=CC1C=CC=C1)c1ccncc1. The maximum Gasteiger partial charge on any atom is 0.271 e. The highest BCUT2D eigenvalue weighted by molar-refractivity contribution is 5.94. The topological polar surface area (TPSA) is 54.4 Å². The van der Waals surface area contributed by atoms with Gasteiger partial charge in [0.15, 0.2) is 0 Å². The van der Waals surface area contributed by atoms with E-state index >= 15 is 0 Å². The number of carbonyl (C=O) groups is 1. The third-order valence-corrected chi connectivity index (χ3v) is 2.13. The maximum absolute atomic E-state index is 11.5. The summed E-state index contributed by atoms with van der Waals surface area (Å²) in [6.45, 7) is 0. The van der Waals surface area contributed by atoms with Gasteiger partial charge in [-0.1, -0.05) is 24.3 Å². The van der Waals surface area contributed by atoms with Gasteiger partial charge >= 0.3 is 0 Å². The summed E-state index contributed by atoms with van der Waals surface area (Å²) in [6.07, 6.45) is 12.7. The van der Waals surface area contributed by atoms with Crippen molar-refractivity contribution in [1.82, 2.24) is 10.4 Å². The van der Waals surface area contributed by atoms with Crippen molar-refractivity contribution in [2.45, 2.75) is 0 Å². The molecular formula is C12H11N3O. The molecule has 1 aliphatic carbocycles. The van der Waals surface area contributed by atoms with Crippen LogP contribution in [0.25, 0.3) is 0 Å². The molecule has 0 saturated heterocycles. The second-order valence-corrected chi connectivity index (χ2v) is 3.30. The molecule has 16 heavy (non-hydrogen) atoms. The number of hydrogen-bond donors (Lipinski definition) is 1. The third-order valence-electron chi connectivity index (χ3n) is 2.13. The van der Waals surface area contributed by atoms with Crippen molar-refractivity contribution >= 4 is 12.1 Å². The van der Waals surface area contributed by atoms with E-state index in [4.69, 9.17) is 0 Å². The quantitative estimate of drug-likeness (QED) is 0.611. The Morgan fingerprint density at radius 3 is 2.69 bits per heavy atom. The lowest BCUT2D eigenvalue weighted by molar-refractivity contribution is 0.0955. The van der Waals surface area contributed by atoms with Crippen LogP contribution in [0.1, 0.15) is 10.4 Å². The monoisotopic (exact) mass is 213 g/mol. The summed E-state index contributed by atoms with van der Waals surface area (Å²) in [4.78, 5) is 15.4. The summed E-state index contributed by atoms with van der Waals surface area (Å²) in [5.41, 5.74) is 3.01. The average molecular weight is 213 g/mol. The van der Waals surface area contributed by atoms with Gasteiger partial charge in [0.25, 0.3) is 5.91 Å². The number of nitrogens with one attached hydrogen (secondary N) is 1. The van der Waals surface area contributed by atoms with Crippen LogP contribution in [0.4, 0.5) is 0 Å². The minimum atomic E-state index is -0.232. The van der Waals surface area contributed by atoms with Crippen LogP contribution in [-0.2, 0) is 0 Å². The van der Waals surface area contributed by atoms with Gasteiger partial charge in [0.1, 0.15) is 0 Å². The number of amides is 1. The predicted molar refractivity (Wildman–Crippen MR) is 62.0 cm³/mol. The lowest BCUT2D eigenvalue weighted by Gasteiger charge is -1.99. The van der Waals surface area contributed by atoms with Gasteiger partial charge in [-0.05, 0) is 12.1 Å². The van der Waals surface area contributed by atoms with Crippen LogP contribution in [0.5, 0.6) is 0 Å². The van der Waals surface area contributed by atoms with E-state index in [1.165, 1.54) is 0 Å². The van der Waals surface area contributed by atoms with Crippen molar-refractivity contribution in [3.63, 3.8) is 0 Å². The van der Waals surface area contributed by atoms with E-state index in [2.05, 4.69) is 15.5 Å². The Kier molecular flexibility index (Phi) is 3.23. The van der Waals surface area contributed by atoms with Crippen molar-refractivity contribution in [2.75, 3.05) is 0 Å². The van der Waals surface area contributed by atoms with Crippen LogP contribution in [0.2, 0.25) is 0 Å². The van der Waals surface area contributed by atoms with Crippen LogP contribution >= 0.6 is 0 Å². The van der Waals surface area contributed by atoms with E-state index in [1.807, 2.05) is 24.3 Å². The van der Waals surface area contributed by atoms with Crippen LogP contribution in [0.15, 0.2) is 53.9 Å². The molecule has 2 rings (SSSR count). The van der Waals surface area contributed by atoms with Crippen molar-refractivity contribution < 1.29 is 4.79 Å². The van der Waals surface area contributed by atoms with Crippen molar-refractivity contribution in [2.24, 2.45) is 11.0 Å². The molecule has 1 amide bonds. The molecule has 0 fully saturated rings. The van der Waals surface area contributed by atoms with Gasteiger partial charge in [0, 0.05) is 30.1 Å². The average Bonchev–Trinajstić information content (AvgIpc) is 2.83. The smallest absolute Gasteiger partial charge is 0.267 e. The minimum Gasteiger partial charge on any atom is -0.267 e. The standard InChI is InChI=1S/C12H11N3O/c16-12(11-5-7-13-8-6-11)15-14-9-10-3-1-2-4-10/h1-10H,(H,15,16). The molecule has 80 valence electrons. The first kappa shape index (κ1) is 10.3. The van der Waals surface area contributed by atoms with Crippen LogP contribution in [-0.4, -0.2) is 17.1 Å². The van der Waals surface area contributed by atoms with Gasteiger partial charge in [0.05, 0.1) is 0 Å². The molecule has 4 nitrogen and oxygen atoms in total. The molecule has 0 bridgehead atoms. The van der Waals surface area contributed by atoms with E-state index in [0.29, 0.717) is 5.56 Å². The molecule has 0 aliphatic heterocycles. The van der Waals surface area contributed by atoms with E-state index in [1.54, 1.807) is 30.7 Å². The Morgan fingerprint density at radius 1 is 1.31 bits per heavy atom. The predicted octanol–water partition coefficient (Wildman–Crippen LogP) is 1.54. The normalized spacial score (nSPS) is 14.8. The summed E-state index contributed by atoms with van der Waals surface area (Å²) in [7, 11) is 0. The molecule has 1 aromatic heterocycles. The molecule has 1 aromatic rings. The molecule has 0 radical (unpaired) electrons. The van der Waals surface area contributed by atoms with E-state index < -0.39 is 0 Å². The summed E-state index contributed by atoms with van der Waals surface area (Å²) < 4.78 is 0. The maximum atomic E-state index is 11.5. The second-order valence-electron chi connectivity index (χ2n) is 3.30. The van der Waals surface area contributed by atoms with E-state index in [0.717, 1.165) is 0 Å².